The van der Waals surface area contributed by atoms with E-state index in [1.165, 1.54) is 6.20 Å². The molecule has 0 saturated carbocycles. The van der Waals surface area contributed by atoms with Crippen molar-refractivity contribution in [3.8, 4) is 12.1 Å². The highest BCUT2D eigenvalue weighted by atomic mass is 15.0. The number of nitrogen functional groups attached to an aromatic ring is 1. The molecule has 0 aliphatic heterocycles. The Bertz CT molecular complexity index is 679. The predicted octanol–water partition coefficient (Wildman–Crippen LogP) is 2.02. The minimum Gasteiger partial charge on any atom is -0.395 e. The van der Waals surface area contributed by atoms with Crippen molar-refractivity contribution in [2.24, 2.45) is 0 Å². The van der Waals surface area contributed by atoms with Gasteiger partial charge in [-0.2, -0.15) is 10.5 Å². The number of nitrogens with zero attached hydrogens (tertiary/aromatic N) is 3. The fourth-order valence-corrected chi connectivity index (χ4v) is 1.65. The third-order valence-corrected chi connectivity index (χ3v) is 2.63. The number of aromatic nitrogens is 1. The smallest absolute Gasteiger partial charge is 0.150 e. The second kappa shape index (κ2) is 5.52. The van der Waals surface area contributed by atoms with Gasteiger partial charge in [-0.3, -0.25) is 0 Å². The monoisotopic (exact) mass is 249 g/mol. The maximum atomic E-state index is 8.87. The summed E-state index contributed by atoms with van der Waals surface area (Å²) in [7, 11) is 0. The van der Waals surface area contributed by atoms with E-state index in [9.17, 15) is 0 Å². The molecule has 0 bridgehead atoms. The van der Waals surface area contributed by atoms with Crippen LogP contribution in [0.4, 0.5) is 11.5 Å². The topological polar surface area (TPSA) is 98.5 Å². The van der Waals surface area contributed by atoms with Gasteiger partial charge in [-0.15, -0.1) is 0 Å². The van der Waals surface area contributed by atoms with Crippen molar-refractivity contribution in [2.75, 3.05) is 11.1 Å². The van der Waals surface area contributed by atoms with Crippen LogP contribution >= 0.6 is 0 Å². The third-order valence-electron chi connectivity index (χ3n) is 2.63. The predicted molar refractivity (Wildman–Crippen MR) is 71.8 cm³/mol. The molecule has 19 heavy (non-hydrogen) atoms. The summed E-state index contributed by atoms with van der Waals surface area (Å²) >= 11 is 0. The van der Waals surface area contributed by atoms with E-state index in [-0.39, 0.29) is 0 Å². The van der Waals surface area contributed by atoms with E-state index in [0.29, 0.717) is 29.2 Å². The minimum atomic E-state index is 0.335. The molecule has 5 nitrogen and oxygen atoms in total. The number of benzene rings is 1. The molecule has 3 N–H and O–H groups in total. The van der Waals surface area contributed by atoms with Gasteiger partial charge in [0.2, 0.25) is 0 Å². The summed E-state index contributed by atoms with van der Waals surface area (Å²) < 4.78 is 0. The molecule has 0 radical (unpaired) electrons. The Morgan fingerprint density at radius 1 is 1.21 bits per heavy atom. The second-order valence-electron chi connectivity index (χ2n) is 3.90. The largest absolute Gasteiger partial charge is 0.395 e. The van der Waals surface area contributed by atoms with Gasteiger partial charge >= 0.3 is 0 Å². The summed E-state index contributed by atoms with van der Waals surface area (Å²) in [6.07, 6.45) is 1.53. The number of rotatable bonds is 3. The number of nitriles is 2. The zero-order valence-corrected chi connectivity index (χ0v) is 10.1. The Morgan fingerprint density at radius 2 is 2.05 bits per heavy atom. The molecule has 1 heterocycles. The summed E-state index contributed by atoms with van der Waals surface area (Å²) in [6, 6.07) is 12.9. The van der Waals surface area contributed by atoms with E-state index in [1.807, 2.05) is 18.2 Å². The average Bonchev–Trinajstić information content (AvgIpc) is 2.46. The van der Waals surface area contributed by atoms with Crippen LogP contribution in [0.3, 0.4) is 0 Å². The molecule has 0 unspecified atom stereocenters. The lowest BCUT2D eigenvalue weighted by Crippen LogP contribution is -2.05. The van der Waals surface area contributed by atoms with Crippen LogP contribution in [0.15, 0.2) is 36.5 Å². The van der Waals surface area contributed by atoms with E-state index < -0.39 is 0 Å². The van der Waals surface area contributed by atoms with Crippen LogP contribution < -0.4 is 11.1 Å². The number of hydrogen-bond acceptors (Lipinski definition) is 5. The fraction of sp³-hybridized carbons (Fsp3) is 0.0714. The van der Waals surface area contributed by atoms with Gasteiger partial charge in [0.25, 0.3) is 0 Å². The van der Waals surface area contributed by atoms with Crippen molar-refractivity contribution in [3.05, 3.63) is 53.2 Å². The molecule has 0 aliphatic rings. The summed E-state index contributed by atoms with van der Waals surface area (Å²) in [4.78, 5) is 4.09. The minimum absolute atomic E-state index is 0.335. The van der Waals surface area contributed by atoms with Crippen molar-refractivity contribution >= 4 is 11.5 Å². The first-order valence-electron chi connectivity index (χ1n) is 5.62. The fourth-order valence-electron chi connectivity index (χ4n) is 1.65. The molecule has 0 aliphatic carbocycles. The highest BCUT2D eigenvalue weighted by Gasteiger charge is 2.05. The van der Waals surface area contributed by atoms with Crippen molar-refractivity contribution < 1.29 is 0 Å². The lowest BCUT2D eigenvalue weighted by Gasteiger charge is -2.09. The number of anilines is 2. The first-order valence-corrected chi connectivity index (χ1v) is 5.62. The maximum absolute atomic E-state index is 8.87. The summed E-state index contributed by atoms with van der Waals surface area (Å²) in [5.74, 6) is 0.474. The third kappa shape index (κ3) is 2.80. The van der Waals surface area contributed by atoms with Crippen LogP contribution in [0.5, 0.6) is 0 Å². The van der Waals surface area contributed by atoms with Crippen LogP contribution in [0, 0.1) is 22.7 Å². The molecule has 0 atom stereocenters. The maximum Gasteiger partial charge on any atom is 0.150 e. The molecule has 0 amide bonds. The van der Waals surface area contributed by atoms with E-state index >= 15 is 0 Å². The number of nitrogens with one attached hydrogen (secondary N) is 1. The van der Waals surface area contributed by atoms with Crippen molar-refractivity contribution in [1.29, 1.82) is 10.5 Å². The van der Waals surface area contributed by atoms with Crippen LogP contribution in [0.25, 0.3) is 0 Å². The van der Waals surface area contributed by atoms with E-state index in [1.54, 1.807) is 18.2 Å². The molecule has 2 aromatic rings. The van der Waals surface area contributed by atoms with E-state index in [2.05, 4.69) is 16.4 Å². The summed E-state index contributed by atoms with van der Waals surface area (Å²) in [5.41, 5.74) is 8.09. The Labute approximate surface area is 110 Å². The molecule has 2 rings (SSSR count). The Kier molecular flexibility index (Phi) is 3.61. The van der Waals surface area contributed by atoms with Gasteiger partial charge in [-0.05, 0) is 23.8 Å². The zero-order valence-electron chi connectivity index (χ0n) is 10.1. The van der Waals surface area contributed by atoms with Crippen molar-refractivity contribution in [1.82, 2.24) is 4.98 Å². The second-order valence-corrected chi connectivity index (χ2v) is 3.90. The van der Waals surface area contributed by atoms with Crippen molar-refractivity contribution in [2.45, 2.75) is 6.54 Å². The van der Waals surface area contributed by atoms with Gasteiger partial charge in [0, 0.05) is 12.7 Å². The van der Waals surface area contributed by atoms with Crippen LogP contribution in [-0.4, -0.2) is 4.98 Å². The van der Waals surface area contributed by atoms with Gasteiger partial charge in [0.15, 0.2) is 5.82 Å². The van der Waals surface area contributed by atoms with Crippen LogP contribution in [0.1, 0.15) is 16.7 Å². The van der Waals surface area contributed by atoms with Gasteiger partial charge < -0.3 is 11.1 Å². The molecular weight excluding hydrogens is 238 g/mol. The van der Waals surface area contributed by atoms with E-state index in [4.69, 9.17) is 16.3 Å². The molecule has 1 aromatic heterocycles. The highest BCUT2D eigenvalue weighted by Crippen LogP contribution is 2.19. The Morgan fingerprint density at radius 3 is 2.79 bits per heavy atom. The van der Waals surface area contributed by atoms with Gasteiger partial charge in [-0.1, -0.05) is 12.1 Å². The summed E-state index contributed by atoms with van der Waals surface area (Å²) in [5, 5.41) is 20.8. The Hall–Kier alpha value is -3.05. The van der Waals surface area contributed by atoms with Gasteiger partial charge in [0.05, 0.1) is 22.9 Å². The lowest BCUT2D eigenvalue weighted by molar-refractivity contribution is 1.11. The van der Waals surface area contributed by atoms with Crippen molar-refractivity contribution in [3.63, 3.8) is 0 Å². The first kappa shape index (κ1) is 12.4. The molecule has 5 heteroatoms. The van der Waals surface area contributed by atoms with Gasteiger partial charge in [-0.25, -0.2) is 4.98 Å². The SMILES string of the molecule is N#Cc1cccc(CNc2nccc(C#N)c2N)c1. The van der Waals surface area contributed by atoms with Gasteiger partial charge in [0.1, 0.15) is 6.07 Å². The normalized spacial score (nSPS) is 9.37. The number of nitrogens with two attached hydrogens (primary N) is 1. The molecule has 0 spiro atoms. The summed E-state index contributed by atoms with van der Waals surface area (Å²) in [6.45, 7) is 0.488. The van der Waals surface area contributed by atoms with Crippen LogP contribution in [-0.2, 0) is 6.54 Å². The van der Waals surface area contributed by atoms with E-state index in [0.717, 1.165) is 5.56 Å². The molecule has 0 saturated heterocycles. The Balaban J connectivity index is 2.15. The highest BCUT2D eigenvalue weighted by molar-refractivity contribution is 5.68. The standard InChI is InChI=1S/C14H11N5/c15-7-10-2-1-3-11(6-10)9-19-14-13(17)12(8-16)4-5-18-14/h1-6H,9,17H2,(H,18,19). The van der Waals surface area contributed by atoms with Crippen LogP contribution in [0.2, 0.25) is 0 Å². The lowest BCUT2D eigenvalue weighted by atomic mass is 10.1. The molecule has 92 valence electrons. The number of pyridine rings is 1. The molecular formula is C14H11N5. The first-order chi connectivity index (χ1) is 9.24. The quantitative estimate of drug-likeness (QED) is 0.867. The average molecular weight is 249 g/mol. The molecule has 1 aromatic carbocycles. The zero-order chi connectivity index (χ0) is 13.7. The number of hydrogen-bond donors (Lipinski definition) is 2. The molecule has 0 fully saturated rings.